The highest BCUT2D eigenvalue weighted by Crippen LogP contribution is 2.45. The van der Waals surface area contributed by atoms with E-state index in [0.29, 0.717) is 23.7 Å². The Hall–Kier alpha value is -0.520. The summed E-state index contributed by atoms with van der Waals surface area (Å²) in [6, 6.07) is 0. The molecule has 0 aromatic rings. The van der Waals surface area contributed by atoms with Gasteiger partial charge in [0, 0.05) is 0 Å². The Bertz CT molecular complexity index is 426. The van der Waals surface area contributed by atoms with Crippen molar-refractivity contribution in [3.8, 4) is 0 Å². The molecule has 0 heteroatoms. The predicted molar refractivity (Wildman–Crippen MR) is 140 cm³/mol. The van der Waals surface area contributed by atoms with Crippen molar-refractivity contribution >= 4 is 0 Å². The molecule has 0 N–H and O–H groups in total. The van der Waals surface area contributed by atoms with Crippen LogP contribution >= 0.6 is 0 Å². The molecule has 0 saturated heterocycles. The van der Waals surface area contributed by atoms with Crippen LogP contribution in [0.3, 0.4) is 0 Å². The molecule has 0 saturated carbocycles. The second-order valence-electron chi connectivity index (χ2n) is 10.6. The third-order valence-electron chi connectivity index (χ3n) is 5.44. The highest BCUT2D eigenvalue weighted by molar-refractivity contribution is 5.44. The first kappa shape index (κ1) is 33.1. The molecule has 0 unspecified atom stereocenters. The SMILES string of the molecule is C.CC.CC(C)C.CC(C)C1=C(C(C)C)C(C(C)C)=C(C(C)C)CC(C(C)C)C1. The first-order valence-corrected chi connectivity index (χ1v) is 12.3. The van der Waals surface area contributed by atoms with Gasteiger partial charge in [-0.2, -0.15) is 0 Å². The van der Waals surface area contributed by atoms with Crippen LogP contribution in [0.1, 0.15) is 124 Å². The largest absolute Gasteiger partial charge is 0.0776 e. The monoisotopic (exact) mass is 408 g/mol. The third kappa shape index (κ3) is 11.4. The van der Waals surface area contributed by atoms with Gasteiger partial charge in [-0.25, -0.2) is 0 Å². The maximum Gasteiger partial charge on any atom is -0.0216 e. The summed E-state index contributed by atoms with van der Waals surface area (Å²) in [5.41, 5.74) is 6.90. The van der Waals surface area contributed by atoms with Gasteiger partial charge in [0.25, 0.3) is 0 Å². The molecule has 0 atom stereocenters. The Kier molecular flexibility index (Phi) is 18.5. The quantitative estimate of drug-likeness (QED) is 0.424. The van der Waals surface area contributed by atoms with E-state index in [1.54, 1.807) is 22.3 Å². The summed E-state index contributed by atoms with van der Waals surface area (Å²) in [7, 11) is 0. The first-order valence-electron chi connectivity index (χ1n) is 12.3. The van der Waals surface area contributed by atoms with Crippen LogP contribution in [-0.2, 0) is 0 Å². The van der Waals surface area contributed by atoms with Crippen molar-refractivity contribution in [1.29, 1.82) is 0 Å². The van der Waals surface area contributed by atoms with Crippen LogP contribution < -0.4 is 0 Å². The van der Waals surface area contributed by atoms with E-state index >= 15 is 0 Å². The van der Waals surface area contributed by atoms with Gasteiger partial charge in [-0.15, -0.1) is 0 Å². The Morgan fingerprint density at radius 1 is 0.517 bits per heavy atom. The fraction of sp³-hybridized carbons (Fsp3) is 0.862. The summed E-state index contributed by atoms with van der Waals surface area (Å²) in [6.07, 6.45) is 2.60. The summed E-state index contributed by atoms with van der Waals surface area (Å²) in [4.78, 5) is 0. The molecule has 29 heavy (non-hydrogen) atoms. The van der Waals surface area contributed by atoms with E-state index in [-0.39, 0.29) is 7.43 Å². The Labute approximate surface area is 188 Å². The van der Waals surface area contributed by atoms with E-state index in [4.69, 9.17) is 0 Å². The molecule has 0 aromatic heterocycles. The lowest BCUT2D eigenvalue weighted by Crippen LogP contribution is -2.13. The molecule has 0 aliphatic heterocycles. The van der Waals surface area contributed by atoms with Crippen LogP contribution in [0.2, 0.25) is 0 Å². The van der Waals surface area contributed by atoms with E-state index < -0.39 is 0 Å². The van der Waals surface area contributed by atoms with Crippen LogP contribution in [0.4, 0.5) is 0 Å². The highest BCUT2D eigenvalue weighted by atomic mass is 14.4. The van der Waals surface area contributed by atoms with Gasteiger partial charge in [0.2, 0.25) is 0 Å². The van der Waals surface area contributed by atoms with Gasteiger partial charge in [0.1, 0.15) is 0 Å². The van der Waals surface area contributed by atoms with Crippen LogP contribution in [0, 0.1) is 41.4 Å². The number of rotatable bonds is 5. The average Bonchev–Trinajstić information content (AvgIpc) is 2.73. The van der Waals surface area contributed by atoms with E-state index in [2.05, 4.69) is 90.0 Å². The fourth-order valence-electron chi connectivity index (χ4n) is 4.13. The van der Waals surface area contributed by atoms with Crippen LogP contribution in [0.25, 0.3) is 0 Å². The zero-order valence-corrected chi connectivity index (χ0v) is 22.5. The minimum atomic E-state index is 0. The zero-order valence-electron chi connectivity index (χ0n) is 22.5. The van der Waals surface area contributed by atoms with E-state index in [9.17, 15) is 0 Å². The first-order chi connectivity index (χ1) is 12.8. The normalized spacial score (nSPS) is 15.6. The molecule has 0 spiro atoms. The average molecular weight is 409 g/mol. The molecule has 0 aromatic carbocycles. The Balaban J connectivity index is -0.000000858. The number of hydrogen-bond donors (Lipinski definition) is 0. The lowest BCUT2D eigenvalue weighted by molar-refractivity contribution is 0.361. The summed E-state index contributed by atoms with van der Waals surface area (Å²) >= 11 is 0. The van der Waals surface area contributed by atoms with Crippen molar-refractivity contribution in [2.75, 3.05) is 0 Å². The third-order valence-corrected chi connectivity index (χ3v) is 5.44. The highest BCUT2D eigenvalue weighted by Gasteiger charge is 2.31. The molecule has 0 bridgehead atoms. The van der Waals surface area contributed by atoms with Crippen LogP contribution in [0.15, 0.2) is 22.3 Å². The van der Waals surface area contributed by atoms with Gasteiger partial charge < -0.3 is 0 Å². The van der Waals surface area contributed by atoms with Crippen molar-refractivity contribution in [2.45, 2.75) is 124 Å². The molecular weight excluding hydrogens is 348 g/mol. The standard InChI is InChI=1S/C22H40.C4H10.C2H6.CH4/c1-13(2)18-11-19(14(3)4)21(16(7)8)22(17(9)10)20(12-18)15(5)6;1-4(2)3;1-2;/h13-18H,11-12H2,1-10H3;4H,1-3H3;1-2H3;1H4. The molecule has 0 heterocycles. The topological polar surface area (TPSA) is 0 Å². The van der Waals surface area contributed by atoms with Crippen LogP contribution in [-0.4, -0.2) is 0 Å². The molecule has 1 rings (SSSR count). The van der Waals surface area contributed by atoms with Crippen molar-refractivity contribution in [1.82, 2.24) is 0 Å². The molecule has 0 fully saturated rings. The van der Waals surface area contributed by atoms with E-state index in [1.807, 2.05) is 13.8 Å². The number of hydrogen-bond acceptors (Lipinski definition) is 0. The molecule has 1 aliphatic carbocycles. The molecule has 1 aliphatic rings. The van der Waals surface area contributed by atoms with Gasteiger partial charge in [-0.05, 0) is 65.4 Å². The summed E-state index contributed by atoms with van der Waals surface area (Å²) in [5, 5.41) is 0. The summed E-state index contributed by atoms with van der Waals surface area (Å²) in [5.74, 6) is 5.00. The van der Waals surface area contributed by atoms with Gasteiger partial charge in [0.15, 0.2) is 0 Å². The van der Waals surface area contributed by atoms with Crippen molar-refractivity contribution in [3.05, 3.63) is 22.3 Å². The lowest BCUT2D eigenvalue weighted by atomic mass is 9.78. The fourth-order valence-corrected chi connectivity index (χ4v) is 4.13. The smallest absolute Gasteiger partial charge is 0.0216 e. The lowest BCUT2D eigenvalue weighted by Gasteiger charge is -2.27. The molecule has 0 nitrogen and oxygen atoms in total. The zero-order chi connectivity index (χ0) is 22.8. The molecular formula is C29H60. The number of allylic oxidation sites excluding steroid dienone is 4. The molecule has 176 valence electrons. The second kappa shape index (κ2) is 16.2. The Morgan fingerprint density at radius 3 is 0.897 bits per heavy atom. The van der Waals surface area contributed by atoms with Crippen molar-refractivity contribution in [3.63, 3.8) is 0 Å². The van der Waals surface area contributed by atoms with E-state index in [1.165, 1.54) is 12.8 Å². The van der Waals surface area contributed by atoms with Gasteiger partial charge in [-0.3, -0.25) is 0 Å². The van der Waals surface area contributed by atoms with Crippen LogP contribution in [0.5, 0.6) is 0 Å². The van der Waals surface area contributed by atoms with Gasteiger partial charge in [0.05, 0.1) is 0 Å². The minimum absolute atomic E-state index is 0. The van der Waals surface area contributed by atoms with Gasteiger partial charge in [-0.1, -0.05) is 122 Å². The maximum atomic E-state index is 2.41. The van der Waals surface area contributed by atoms with E-state index in [0.717, 1.165) is 17.8 Å². The predicted octanol–water partition coefficient (Wildman–Crippen LogP) is 10.6. The molecule has 0 amide bonds. The molecule has 0 radical (unpaired) electrons. The summed E-state index contributed by atoms with van der Waals surface area (Å²) in [6.45, 7) is 34.5. The van der Waals surface area contributed by atoms with Crippen molar-refractivity contribution in [2.24, 2.45) is 41.4 Å². The maximum absolute atomic E-state index is 2.41. The van der Waals surface area contributed by atoms with Gasteiger partial charge >= 0.3 is 0 Å². The second-order valence-corrected chi connectivity index (χ2v) is 10.6. The Morgan fingerprint density at radius 2 is 0.759 bits per heavy atom. The summed E-state index contributed by atoms with van der Waals surface area (Å²) < 4.78 is 0. The van der Waals surface area contributed by atoms with Crippen molar-refractivity contribution < 1.29 is 0 Å². The minimum Gasteiger partial charge on any atom is -0.0776 e.